The van der Waals surface area contributed by atoms with Gasteiger partial charge in [0, 0.05) is 18.6 Å². The van der Waals surface area contributed by atoms with Gasteiger partial charge in [0.25, 0.3) is 0 Å². The van der Waals surface area contributed by atoms with Crippen molar-refractivity contribution < 1.29 is 48.6 Å². The number of aliphatic hydroxyl groups excluding tert-OH is 2. The molecule has 2 N–H and O–H groups in total. The Labute approximate surface area is 117 Å². The van der Waals surface area contributed by atoms with Crippen LogP contribution in [0, 0.1) is 0 Å². The molecule has 0 aromatic heterocycles. The molecule has 7 heteroatoms. The summed E-state index contributed by atoms with van der Waals surface area (Å²) >= 11 is 0. The molecular weight excluding hydrogens is 279 g/mol. The molecule has 1 aromatic carbocycles. The molecule has 2 atom stereocenters. The van der Waals surface area contributed by atoms with E-state index >= 15 is 0 Å². The molecule has 0 aliphatic heterocycles. The van der Waals surface area contributed by atoms with Crippen LogP contribution in [0.1, 0.15) is 13.8 Å². The molecule has 0 bridgehead atoms. The van der Waals surface area contributed by atoms with Gasteiger partial charge in [0.1, 0.15) is 0 Å². The van der Waals surface area contributed by atoms with E-state index in [9.17, 15) is 19.8 Å². The third-order valence-electron chi connectivity index (χ3n) is 1.24. The number of rotatable bonds is 2. The van der Waals surface area contributed by atoms with Gasteiger partial charge in [-0.3, -0.25) is 0 Å². The van der Waals surface area contributed by atoms with E-state index in [4.69, 9.17) is 10.2 Å². The Balaban J connectivity index is -0.000000183. The van der Waals surface area contributed by atoms with Gasteiger partial charge in [-0.2, -0.15) is 18.2 Å². The predicted molar refractivity (Wildman–Crippen MR) is 55.4 cm³/mol. The second kappa shape index (κ2) is 13.9. The van der Waals surface area contributed by atoms with E-state index in [0.717, 1.165) is 13.8 Å². The number of carboxylic acids is 2. The van der Waals surface area contributed by atoms with Crippen LogP contribution in [0.5, 0.6) is 0 Å². The summed E-state index contributed by atoms with van der Waals surface area (Å²) in [6, 6.07) is 10.0. The van der Waals surface area contributed by atoms with Gasteiger partial charge in [0.15, 0.2) is 0 Å². The number of hydrogen-bond donors (Lipinski definition) is 2. The van der Waals surface area contributed by atoms with Crippen molar-refractivity contribution in [3.63, 3.8) is 0 Å². The van der Waals surface area contributed by atoms with Gasteiger partial charge in [-0.25, -0.2) is 12.1 Å². The minimum atomic E-state index is -1.44. The van der Waals surface area contributed by atoms with Gasteiger partial charge in [0.2, 0.25) is 0 Å². The largest absolute Gasteiger partial charge is 0.547 e. The van der Waals surface area contributed by atoms with Crippen molar-refractivity contribution in [1.29, 1.82) is 0 Å². The number of carbonyl (C=O) groups is 2. The molecule has 0 spiro atoms. The fourth-order valence-electron chi connectivity index (χ4n) is 0.321. The Kier molecular flexibility index (Phi) is 17.0. The van der Waals surface area contributed by atoms with Gasteiger partial charge in [0.05, 0.1) is 24.1 Å². The molecule has 1 aromatic rings. The van der Waals surface area contributed by atoms with Crippen LogP contribution in [0.4, 0.5) is 0 Å². The minimum absolute atomic E-state index is 0. The zero-order valence-corrected chi connectivity index (χ0v) is 11.4. The molecule has 1 radical (unpaired) electrons. The quantitative estimate of drug-likeness (QED) is 0.588. The summed E-state index contributed by atoms with van der Waals surface area (Å²) in [5.74, 6) is -2.87. The van der Waals surface area contributed by atoms with E-state index in [1.807, 2.05) is 30.3 Å². The van der Waals surface area contributed by atoms with Crippen LogP contribution in [0.15, 0.2) is 30.3 Å². The maximum atomic E-state index is 9.34. The Bertz CT molecular complexity index is 259. The first kappa shape index (κ1) is 22.0. The normalized spacial score (nSPS) is 11.3. The molecule has 18 heavy (non-hydrogen) atoms. The molecule has 2 unspecified atom stereocenters. The fraction of sp³-hybridized carbons (Fsp3) is 0.364. The first-order valence-electron chi connectivity index (χ1n) is 4.73. The SMILES string of the molecule is CC(O)C(=O)[O-].CC(O)C(=O)[O-].[V].c1cc[cH-]c1. The van der Waals surface area contributed by atoms with Crippen molar-refractivity contribution in [3.05, 3.63) is 30.3 Å². The van der Waals surface area contributed by atoms with E-state index in [0.29, 0.717) is 0 Å². The van der Waals surface area contributed by atoms with Gasteiger partial charge in [-0.1, -0.05) is 0 Å². The summed E-state index contributed by atoms with van der Waals surface area (Å²) in [6.07, 6.45) is -2.69. The third-order valence-corrected chi connectivity index (χ3v) is 1.24. The van der Waals surface area contributed by atoms with Crippen LogP contribution in [0.2, 0.25) is 0 Å². The maximum absolute atomic E-state index is 9.34. The zero-order chi connectivity index (χ0) is 13.8. The van der Waals surface area contributed by atoms with Crippen LogP contribution in [0.25, 0.3) is 0 Å². The molecule has 1 rings (SSSR count). The average Bonchev–Trinajstić information content (AvgIpc) is 2.75. The molecule has 0 aliphatic carbocycles. The van der Waals surface area contributed by atoms with Crippen molar-refractivity contribution in [3.8, 4) is 0 Å². The summed E-state index contributed by atoms with van der Waals surface area (Å²) in [4.78, 5) is 18.7. The Hall–Kier alpha value is -1.21. The van der Waals surface area contributed by atoms with E-state index in [-0.39, 0.29) is 18.6 Å². The first-order valence-corrected chi connectivity index (χ1v) is 4.73. The Morgan fingerprint density at radius 3 is 1.28 bits per heavy atom. The molecule has 0 aliphatic rings. The summed E-state index contributed by atoms with van der Waals surface area (Å²) in [5, 5.41) is 34.6. The fourth-order valence-corrected chi connectivity index (χ4v) is 0.321. The monoisotopic (exact) mass is 294 g/mol. The van der Waals surface area contributed by atoms with E-state index in [1.54, 1.807) is 0 Å². The smallest absolute Gasteiger partial charge is 0.0905 e. The van der Waals surface area contributed by atoms with Crippen LogP contribution < -0.4 is 10.2 Å². The first-order chi connectivity index (χ1) is 7.79. The standard InChI is InChI=1S/C5H5.2C3H6O3.V/c1-2-4-5-3-1;2*1-2(4)3(5)6;/h1-5H;2*2,4H,1H3,(H,5,6);/q-1;;;/p-2. The topological polar surface area (TPSA) is 121 Å². The Morgan fingerprint density at radius 1 is 1.00 bits per heavy atom. The minimum Gasteiger partial charge on any atom is -0.547 e. The maximum Gasteiger partial charge on any atom is 0.0905 e. The summed E-state index contributed by atoms with van der Waals surface area (Å²) in [5.41, 5.74) is 0. The summed E-state index contributed by atoms with van der Waals surface area (Å²) < 4.78 is 0. The van der Waals surface area contributed by atoms with Crippen molar-refractivity contribution in [2.24, 2.45) is 0 Å². The van der Waals surface area contributed by atoms with Crippen LogP contribution >= 0.6 is 0 Å². The molecule has 6 nitrogen and oxygen atoms in total. The van der Waals surface area contributed by atoms with E-state index in [1.165, 1.54) is 0 Å². The number of aliphatic carboxylic acids is 2. The van der Waals surface area contributed by atoms with Gasteiger partial charge >= 0.3 is 0 Å². The second-order valence-corrected chi connectivity index (χ2v) is 2.95. The zero-order valence-electron chi connectivity index (χ0n) is 10.0. The molecule has 0 fully saturated rings. The van der Waals surface area contributed by atoms with Crippen LogP contribution in [-0.2, 0) is 28.1 Å². The van der Waals surface area contributed by atoms with Crippen molar-refractivity contribution >= 4 is 11.9 Å². The van der Waals surface area contributed by atoms with Crippen LogP contribution in [-0.4, -0.2) is 34.4 Å². The van der Waals surface area contributed by atoms with Crippen molar-refractivity contribution in [2.45, 2.75) is 26.1 Å². The summed E-state index contributed by atoms with van der Waals surface area (Å²) in [6.45, 7) is 2.27. The van der Waals surface area contributed by atoms with Crippen LogP contribution in [0.3, 0.4) is 0 Å². The average molecular weight is 294 g/mol. The molecule has 103 valence electrons. The molecule has 0 saturated heterocycles. The molecule has 0 amide bonds. The number of aliphatic hydroxyl groups is 2. The summed E-state index contributed by atoms with van der Waals surface area (Å²) in [7, 11) is 0. The molecule has 0 heterocycles. The Morgan fingerprint density at radius 2 is 1.22 bits per heavy atom. The number of carboxylic acid groups (broad SMARTS) is 2. The number of hydrogen-bond acceptors (Lipinski definition) is 6. The van der Waals surface area contributed by atoms with E-state index < -0.39 is 24.1 Å². The van der Waals surface area contributed by atoms with E-state index in [2.05, 4.69) is 0 Å². The van der Waals surface area contributed by atoms with Crippen molar-refractivity contribution in [2.75, 3.05) is 0 Å². The van der Waals surface area contributed by atoms with Crippen molar-refractivity contribution in [1.82, 2.24) is 0 Å². The van der Waals surface area contributed by atoms with Gasteiger partial charge < -0.3 is 30.0 Å². The molecule has 0 saturated carbocycles. The second-order valence-electron chi connectivity index (χ2n) is 2.95. The predicted octanol–water partition coefficient (Wildman–Crippen LogP) is -2.36. The third kappa shape index (κ3) is 20.2. The van der Waals surface area contributed by atoms with Gasteiger partial charge in [-0.15, -0.1) is 0 Å². The molecular formula is C11H15O6V-3. The number of carbonyl (C=O) groups excluding carboxylic acids is 2. The van der Waals surface area contributed by atoms with Gasteiger partial charge in [-0.05, 0) is 13.8 Å².